The Morgan fingerprint density at radius 1 is 0.969 bits per heavy atom. The number of carbonyl (C=O) groups is 2. The van der Waals surface area contributed by atoms with E-state index < -0.39 is 16.0 Å². The molecule has 0 atom stereocenters. The molecule has 0 unspecified atom stereocenters. The lowest BCUT2D eigenvalue weighted by molar-refractivity contribution is -0.120. The summed E-state index contributed by atoms with van der Waals surface area (Å²) >= 11 is 0. The third kappa shape index (κ3) is 5.37. The van der Waals surface area contributed by atoms with Gasteiger partial charge in [-0.1, -0.05) is 32.9 Å². The summed E-state index contributed by atoms with van der Waals surface area (Å²) in [5, 5.41) is 2.84. The third-order valence-corrected chi connectivity index (χ3v) is 7.67. The van der Waals surface area contributed by atoms with Crippen molar-refractivity contribution in [2.45, 2.75) is 43.9 Å². The fraction of sp³-hybridized carbons (Fsp3) is 0.417. The Labute approximate surface area is 189 Å². The van der Waals surface area contributed by atoms with Gasteiger partial charge < -0.3 is 10.1 Å². The van der Waals surface area contributed by atoms with Crippen molar-refractivity contribution in [3.8, 4) is 0 Å². The zero-order valence-corrected chi connectivity index (χ0v) is 19.7. The second-order valence-corrected chi connectivity index (χ2v) is 10.9. The lowest BCUT2D eigenvalue weighted by Crippen LogP contribution is -2.41. The molecule has 0 saturated carbocycles. The molecule has 2 aromatic rings. The van der Waals surface area contributed by atoms with Crippen LogP contribution in [0, 0.1) is 5.92 Å². The van der Waals surface area contributed by atoms with Gasteiger partial charge in [0.2, 0.25) is 15.9 Å². The van der Waals surface area contributed by atoms with Crippen LogP contribution < -0.4 is 5.32 Å². The molecule has 0 aromatic heterocycles. The Morgan fingerprint density at radius 3 is 2.03 bits per heavy atom. The summed E-state index contributed by atoms with van der Waals surface area (Å²) in [5.41, 5.74) is 2.01. The van der Waals surface area contributed by atoms with Crippen LogP contribution in [0.15, 0.2) is 53.4 Å². The first-order chi connectivity index (χ1) is 15.0. The molecule has 1 aliphatic heterocycles. The number of methoxy groups -OCH3 is 1. The van der Waals surface area contributed by atoms with E-state index in [1.165, 1.54) is 11.4 Å². The number of amides is 1. The minimum atomic E-state index is -3.59. The molecule has 1 amide bonds. The summed E-state index contributed by atoms with van der Waals surface area (Å²) in [4.78, 5) is 24.4. The summed E-state index contributed by atoms with van der Waals surface area (Å²) in [6.45, 7) is 6.84. The van der Waals surface area contributed by atoms with Crippen molar-refractivity contribution >= 4 is 27.6 Å². The number of ether oxygens (including phenoxy) is 1. The zero-order valence-electron chi connectivity index (χ0n) is 18.9. The molecule has 32 heavy (non-hydrogen) atoms. The normalized spacial score (nSPS) is 15.9. The van der Waals surface area contributed by atoms with E-state index in [0.29, 0.717) is 37.2 Å². The molecule has 1 saturated heterocycles. The van der Waals surface area contributed by atoms with E-state index in [2.05, 4.69) is 30.8 Å². The van der Waals surface area contributed by atoms with E-state index in [0.717, 1.165) is 5.56 Å². The average Bonchev–Trinajstić information content (AvgIpc) is 2.78. The fourth-order valence-electron chi connectivity index (χ4n) is 3.69. The number of sulfonamides is 1. The molecule has 3 rings (SSSR count). The molecule has 0 spiro atoms. The number of benzene rings is 2. The molecule has 172 valence electrons. The Balaban J connectivity index is 1.59. The molecule has 2 aromatic carbocycles. The van der Waals surface area contributed by atoms with Crippen molar-refractivity contribution < 1.29 is 22.7 Å². The minimum Gasteiger partial charge on any atom is -0.465 e. The van der Waals surface area contributed by atoms with Crippen LogP contribution >= 0.6 is 0 Å². The second-order valence-electron chi connectivity index (χ2n) is 9.01. The molecule has 1 N–H and O–H groups in total. The standard InChI is InChI=1S/C24H30N2O5S/c1-24(2,3)19-7-11-21(12-8-19)32(29,30)26-15-13-17(14-16-26)22(27)25-20-9-5-18(6-10-20)23(28)31-4/h5-12,17H,13-16H2,1-4H3,(H,25,27). The number of nitrogens with zero attached hydrogens (tertiary/aromatic N) is 1. The second kappa shape index (κ2) is 9.42. The number of hydrogen-bond acceptors (Lipinski definition) is 5. The Kier molecular flexibility index (Phi) is 7.05. The van der Waals surface area contributed by atoms with E-state index >= 15 is 0 Å². The molecular weight excluding hydrogens is 428 g/mol. The predicted molar refractivity (Wildman–Crippen MR) is 123 cm³/mol. The van der Waals surface area contributed by atoms with E-state index in [1.807, 2.05) is 12.1 Å². The predicted octanol–water partition coefficient (Wildman–Crippen LogP) is 3.81. The van der Waals surface area contributed by atoms with Crippen LogP contribution in [0.2, 0.25) is 0 Å². The summed E-state index contributed by atoms with van der Waals surface area (Å²) in [6.07, 6.45) is 0.900. The van der Waals surface area contributed by atoms with Crippen LogP contribution in [-0.2, 0) is 25.0 Å². The highest BCUT2D eigenvalue weighted by atomic mass is 32.2. The van der Waals surface area contributed by atoms with Crippen LogP contribution in [-0.4, -0.2) is 44.8 Å². The van der Waals surface area contributed by atoms with Gasteiger partial charge in [0.05, 0.1) is 17.6 Å². The van der Waals surface area contributed by atoms with Crippen molar-refractivity contribution in [2.24, 2.45) is 5.92 Å². The summed E-state index contributed by atoms with van der Waals surface area (Å²) in [7, 11) is -2.28. The Hall–Kier alpha value is -2.71. The van der Waals surface area contributed by atoms with Crippen LogP contribution in [0.4, 0.5) is 5.69 Å². The summed E-state index contributed by atoms with van der Waals surface area (Å²) in [5.74, 6) is -0.864. The SMILES string of the molecule is COC(=O)c1ccc(NC(=O)C2CCN(S(=O)(=O)c3ccc(C(C)(C)C)cc3)CC2)cc1. The van der Waals surface area contributed by atoms with Crippen molar-refractivity contribution in [3.05, 3.63) is 59.7 Å². The van der Waals surface area contributed by atoms with E-state index in [-0.39, 0.29) is 22.1 Å². The van der Waals surface area contributed by atoms with Gasteiger partial charge in [0.1, 0.15) is 0 Å². The quantitative estimate of drug-likeness (QED) is 0.688. The molecule has 0 bridgehead atoms. The number of rotatable bonds is 5. The first-order valence-corrected chi connectivity index (χ1v) is 12.1. The van der Waals surface area contributed by atoms with Crippen molar-refractivity contribution in [1.29, 1.82) is 0 Å². The average molecular weight is 459 g/mol. The van der Waals surface area contributed by atoms with Gasteiger partial charge in [0, 0.05) is 24.7 Å². The van der Waals surface area contributed by atoms with Gasteiger partial charge >= 0.3 is 5.97 Å². The van der Waals surface area contributed by atoms with Crippen molar-refractivity contribution in [3.63, 3.8) is 0 Å². The number of piperidine rings is 1. The maximum Gasteiger partial charge on any atom is 0.337 e. The van der Waals surface area contributed by atoms with E-state index in [1.54, 1.807) is 36.4 Å². The molecule has 1 aliphatic rings. The molecular formula is C24H30N2O5S. The largest absolute Gasteiger partial charge is 0.465 e. The van der Waals surface area contributed by atoms with Gasteiger partial charge in [-0.3, -0.25) is 4.79 Å². The first kappa shape index (κ1) is 23.9. The van der Waals surface area contributed by atoms with E-state index in [9.17, 15) is 18.0 Å². The molecule has 1 heterocycles. The monoisotopic (exact) mass is 458 g/mol. The number of anilines is 1. The lowest BCUT2D eigenvalue weighted by Gasteiger charge is -2.30. The highest BCUT2D eigenvalue weighted by Gasteiger charge is 2.32. The highest BCUT2D eigenvalue weighted by Crippen LogP contribution is 2.27. The number of hydrogen-bond donors (Lipinski definition) is 1. The maximum atomic E-state index is 13.0. The van der Waals surface area contributed by atoms with Crippen molar-refractivity contribution in [1.82, 2.24) is 4.31 Å². The van der Waals surface area contributed by atoms with Gasteiger partial charge in [-0.2, -0.15) is 4.31 Å². The van der Waals surface area contributed by atoms with Gasteiger partial charge in [-0.15, -0.1) is 0 Å². The minimum absolute atomic E-state index is 0.0480. The molecule has 8 heteroatoms. The highest BCUT2D eigenvalue weighted by molar-refractivity contribution is 7.89. The van der Waals surface area contributed by atoms with Gasteiger partial charge in [0.15, 0.2) is 0 Å². The maximum absolute atomic E-state index is 13.0. The number of esters is 1. The van der Waals surface area contributed by atoms with Crippen LogP contribution in [0.5, 0.6) is 0 Å². The smallest absolute Gasteiger partial charge is 0.337 e. The fourth-order valence-corrected chi connectivity index (χ4v) is 5.16. The number of carbonyl (C=O) groups excluding carboxylic acids is 2. The lowest BCUT2D eigenvalue weighted by atomic mass is 9.87. The molecule has 1 fully saturated rings. The van der Waals surface area contributed by atoms with Crippen LogP contribution in [0.25, 0.3) is 0 Å². The van der Waals surface area contributed by atoms with E-state index in [4.69, 9.17) is 0 Å². The Morgan fingerprint density at radius 2 is 1.53 bits per heavy atom. The Bertz CT molecular complexity index is 1060. The molecule has 0 radical (unpaired) electrons. The third-order valence-electron chi connectivity index (χ3n) is 5.76. The van der Waals surface area contributed by atoms with Crippen molar-refractivity contribution in [2.75, 3.05) is 25.5 Å². The molecule has 7 nitrogen and oxygen atoms in total. The van der Waals surface area contributed by atoms with Gasteiger partial charge in [-0.05, 0) is 60.2 Å². The summed E-state index contributed by atoms with van der Waals surface area (Å²) in [6, 6.07) is 13.5. The topological polar surface area (TPSA) is 92.8 Å². The molecule has 0 aliphatic carbocycles. The van der Waals surface area contributed by atoms with Gasteiger partial charge in [-0.25, -0.2) is 13.2 Å². The summed E-state index contributed by atoms with van der Waals surface area (Å²) < 4.78 is 32.1. The van der Waals surface area contributed by atoms with Gasteiger partial charge in [0.25, 0.3) is 0 Å². The zero-order chi connectivity index (χ0) is 23.5. The van der Waals surface area contributed by atoms with Crippen LogP contribution in [0.3, 0.4) is 0 Å². The van der Waals surface area contributed by atoms with Crippen LogP contribution in [0.1, 0.15) is 49.5 Å². The first-order valence-electron chi connectivity index (χ1n) is 10.6. The number of nitrogens with one attached hydrogen (secondary N) is 1.